The molecule has 0 saturated heterocycles. The molecule has 2 N–H and O–H groups in total. The third kappa shape index (κ3) is 6.86. The molecule has 11 rings (SSSR count). The van der Waals surface area contributed by atoms with Crippen LogP contribution in [0.2, 0.25) is 0 Å². The van der Waals surface area contributed by atoms with Crippen LogP contribution < -0.4 is 10.6 Å². The minimum Gasteiger partial charge on any atom is -0.356 e. The van der Waals surface area contributed by atoms with Gasteiger partial charge in [-0.25, -0.2) is 9.98 Å². The summed E-state index contributed by atoms with van der Waals surface area (Å²) in [5.74, 6) is 2.75. The van der Waals surface area contributed by atoms with Gasteiger partial charge < -0.3 is 15.2 Å². The summed E-state index contributed by atoms with van der Waals surface area (Å²) in [7, 11) is 0. The summed E-state index contributed by atoms with van der Waals surface area (Å²) in [6.07, 6.45) is 13.6. The van der Waals surface area contributed by atoms with E-state index in [2.05, 4.69) is 199 Å². The van der Waals surface area contributed by atoms with E-state index in [1.807, 2.05) is 36.4 Å². The molecule has 0 amide bonds. The molecule has 0 spiro atoms. The Morgan fingerprint density at radius 3 is 2.03 bits per heavy atom. The Morgan fingerprint density at radius 1 is 0.532 bits per heavy atom. The zero-order chi connectivity index (χ0) is 41.6. The molecule has 2 heterocycles. The van der Waals surface area contributed by atoms with Gasteiger partial charge in [-0.1, -0.05) is 166 Å². The smallest absolute Gasteiger partial charge is 0.169 e. The van der Waals surface area contributed by atoms with Gasteiger partial charge in [0.2, 0.25) is 0 Å². The quantitative estimate of drug-likeness (QED) is 0.161. The molecule has 0 bridgehead atoms. The van der Waals surface area contributed by atoms with Gasteiger partial charge in [0.1, 0.15) is 11.7 Å². The first-order valence-corrected chi connectivity index (χ1v) is 21.8. The van der Waals surface area contributed by atoms with Crippen molar-refractivity contribution >= 4 is 49.9 Å². The Morgan fingerprint density at radius 2 is 1.23 bits per heavy atom. The van der Waals surface area contributed by atoms with Crippen molar-refractivity contribution in [2.45, 2.75) is 25.9 Å². The fourth-order valence-electron chi connectivity index (χ4n) is 9.80. The number of aromatic nitrogens is 1. The number of benzene rings is 7. The number of hydrogen-bond acceptors (Lipinski definition) is 4. The number of nitrogens with one attached hydrogen (secondary N) is 2. The highest BCUT2D eigenvalue weighted by Gasteiger charge is 2.33. The van der Waals surface area contributed by atoms with Crippen LogP contribution in [0.1, 0.15) is 48.2 Å². The van der Waals surface area contributed by atoms with E-state index >= 15 is 0 Å². The second-order valence-corrected chi connectivity index (χ2v) is 16.8. The van der Waals surface area contributed by atoms with Gasteiger partial charge in [-0.05, 0) is 93.9 Å². The lowest BCUT2D eigenvalue weighted by Crippen LogP contribution is -2.36. The van der Waals surface area contributed by atoms with E-state index in [0.717, 1.165) is 39.4 Å². The lowest BCUT2D eigenvalue weighted by Gasteiger charge is -2.36. The first-order valence-electron chi connectivity index (χ1n) is 21.8. The average Bonchev–Trinajstić information content (AvgIpc) is 3.66. The molecule has 5 atom stereocenters. The van der Waals surface area contributed by atoms with Crippen molar-refractivity contribution in [1.82, 2.24) is 9.88 Å². The second-order valence-electron chi connectivity index (χ2n) is 16.8. The highest BCUT2D eigenvalue weighted by molar-refractivity contribution is 6.16. The zero-order valence-corrected chi connectivity index (χ0v) is 34.9. The molecular weight excluding hydrogens is 755 g/mol. The van der Waals surface area contributed by atoms with Crippen LogP contribution in [0.4, 0.5) is 5.69 Å². The maximum atomic E-state index is 5.15. The largest absolute Gasteiger partial charge is 0.356 e. The molecule has 300 valence electrons. The number of hydrogen-bond donors (Lipinski definition) is 2. The topological polar surface area (TPSA) is 53.7 Å². The molecule has 0 radical (unpaired) electrons. The highest BCUT2D eigenvalue weighted by Crippen LogP contribution is 2.45. The summed E-state index contributed by atoms with van der Waals surface area (Å²) in [5.41, 5.74) is 11.7. The number of anilines is 1. The fourth-order valence-corrected chi connectivity index (χ4v) is 9.80. The number of nitrogens with zero attached hydrogens (tertiary/aromatic N) is 3. The van der Waals surface area contributed by atoms with Crippen LogP contribution in [0.5, 0.6) is 0 Å². The molecule has 8 aromatic rings. The monoisotopic (exact) mass is 801 g/mol. The van der Waals surface area contributed by atoms with Crippen molar-refractivity contribution in [3.05, 3.63) is 240 Å². The molecule has 1 aromatic heterocycles. The molecule has 5 unspecified atom stereocenters. The van der Waals surface area contributed by atoms with E-state index in [1.165, 1.54) is 49.7 Å². The van der Waals surface area contributed by atoms with Gasteiger partial charge in [0.15, 0.2) is 6.17 Å². The number of aliphatic imine (C=N–C) groups is 2. The number of fused-ring (bicyclic) bond motifs is 4. The minimum atomic E-state index is -0.344. The SMILES string of the molecule is CC1C=CC=CC1C1=C(Nc2ccc3ccc(C4=NC(c5ccccc5)N=C(c5ccccc5)N4)cc3c2)C=CC(c2ccc3c(c2)c2ccccc2n3-c2ccccc2)C1C. The van der Waals surface area contributed by atoms with Crippen molar-refractivity contribution in [1.29, 1.82) is 0 Å². The van der Waals surface area contributed by atoms with Gasteiger partial charge in [-0.2, -0.15) is 0 Å². The van der Waals surface area contributed by atoms with Gasteiger partial charge in [0, 0.05) is 50.8 Å². The van der Waals surface area contributed by atoms with Crippen LogP contribution >= 0.6 is 0 Å². The van der Waals surface area contributed by atoms with Crippen LogP contribution in [0, 0.1) is 17.8 Å². The maximum Gasteiger partial charge on any atom is 0.169 e. The Kier molecular flexibility index (Phi) is 9.58. The first kappa shape index (κ1) is 37.5. The normalized spacial score (nSPS) is 21.0. The van der Waals surface area contributed by atoms with Crippen molar-refractivity contribution in [3.8, 4) is 5.69 Å². The Balaban J connectivity index is 0.940. The lowest BCUT2D eigenvalue weighted by atomic mass is 9.70. The lowest BCUT2D eigenvalue weighted by molar-refractivity contribution is 0.472. The fraction of sp³-hybridized carbons (Fsp3) is 0.123. The van der Waals surface area contributed by atoms with Gasteiger partial charge in [0.25, 0.3) is 0 Å². The van der Waals surface area contributed by atoms with Crippen molar-refractivity contribution in [2.75, 3.05) is 5.32 Å². The van der Waals surface area contributed by atoms with Crippen LogP contribution in [-0.4, -0.2) is 16.2 Å². The minimum absolute atomic E-state index is 0.220. The summed E-state index contributed by atoms with van der Waals surface area (Å²) in [4.78, 5) is 10.2. The van der Waals surface area contributed by atoms with E-state index in [0.29, 0.717) is 5.92 Å². The molecule has 2 aliphatic carbocycles. The first-order chi connectivity index (χ1) is 30.6. The molecule has 62 heavy (non-hydrogen) atoms. The summed E-state index contributed by atoms with van der Waals surface area (Å²) < 4.78 is 2.39. The van der Waals surface area contributed by atoms with Crippen molar-refractivity contribution in [2.24, 2.45) is 27.7 Å². The molecule has 5 heteroatoms. The summed E-state index contributed by atoms with van der Waals surface area (Å²) in [6.45, 7) is 4.76. The summed E-state index contributed by atoms with van der Waals surface area (Å²) in [5, 5.41) is 12.4. The van der Waals surface area contributed by atoms with Crippen molar-refractivity contribution < 1.29 is 0 Å². The van der Waals surface area contributed by atoms with E-state index < -0.39 is 0 Å². The molecule has 7 aromatic carbocycles. The van der Waals surface area contributed by atoms with Gasteiger partial charge in [-0.3, -0.25) is 0 Å². The molecule has 3 aliphatic rings. The standard InChI is InChI=1S/C57H47N5/c1-37-16-12-13-23-47(37)54-38(2)48(42-29-33-53-50(36-42)49-24-14-15-25-52(49)62(53)46-21-10-5-11-22-46)31-32-51(54)58-45-30-28-39-26-27-43(34-44(39)35-45)57-60-55(40-17-6-3-7-18-40)59-56(61-57)41-19-8-4-9-20-41/h3-38,47-48,55,58H,1-2H3,(H,59,60,61). The van der Waals surface area contributed by atoms with E-state index in [1.54, 1.807) is 0 Å². The van der Waals surface area contributed by atoms with Crippen LogP contribution in [-0.2, 0) is 0 Å². The molecule has 0 saturated carbocycles. The Labute approximate surface area is 362 Å². The van der Waals surface area contributed by atoms with Crippen LogP contribution in [0.15, 0.2) is 228 Å². The van der Waals surface area contributed by atoms with E-state index in [4.69, 9.17) is 9.98 Å². The second kappa shape index (κ2) is 15.8. The summed E-state index contributed by atoms with van der Waals surface area (Å²) >= 11 is 0. The van der Waals surface area contributed by atoms with E-state index in [-0.39, 0.29) is 23.9 Å². The number of amidine groups is 2. The predicted molar refractivity (Wildman–Crippen MR) is 259 cm³/mol. The highest BCUT2D eigenvalue weighted by atomic mass is 15.2. The third-order valence-electron chi connectivity index (χ3n) is 13.0. The number of allylic oxidation sites excluding steroid dienone is 7. The average molecular weight is 802 g/mol. The number of para-hydroxylation sites is 2. The summed E-state index contributed by atoms with van der Waals surface area (Å²) in [6, 6.07) is 60.5. The van der Waals surface area contributed by atoms with Crippen LogP contribution in [0.25, 0.3) is 38.3 Å². The van der Waals surface area contributed by atoms with Gasteiger partial charge >= 0.3 is 0 Å². The Bertz CT molecular complexity index is 3170. The number of rotatable bonds is 8. The molecular formula is C57H47N5. The van der Waals surface area contributed by atoms with Gasteiger partial charge in [0.05, 0.1) is 11.0 Å². The molecule has 5 nitrogen and oxygen atoms in total. The zero-order valence-electron chi connectivity index (χ0n) is 34.9. The molecule has 0 fully saturated rings. The molecule has 1 aliphatic heterocycles. The van der Waals surface area contributed by atoms with Crippen LogP contribution in [0.3, 0.4) is 0 Å². The van der Waals surface area contributed by atoms with Gasteiger partial charge in [-0.15, -0.1) is 0 Å². The third-order valence-corrected chi connectivity index (χ3v) is 13.0. The predicted octanol–water partition coefficient (Wildman–Crippen LogP) is 13.5. The van der Waals surface area contributed by atoms with Crippen molar-refractivity contribution in [3.63, 3.8) is 0 Å². The van der Waals surface area contributed by atoms with E-state index in [9.17, 15) is 0 Å². The maximum absolute atomic E-state index is 5.15. The Hall–Kier alpha value is -7.50.